The predicted molar refractivity (Wildman–Crippen MR) is 383 cm³/mol. The molecule has 0 radical (unpaired) electrons. The van der Waals surface area contributed by atoms with E-state index in [-0.39, 0.29) is 31.5 Å². The molecule has 0 aliphatic carbocycles. The highest BCUT2D eigenvalue weighted by Gasteiger charge is 2.30. The number of hydrogen-bond acceptors (Lipinski definition) is 6. The van der Waals surface area contributed by atoms with Crippen LogP contribution in [0, 0.1) is 0 Å². The van der Waals surface area contributed by atoms with Crippen molar-refractivity contribution in [2.75, 3.05) is 40.9 Å². The lowest BCUT2D eigenvalue weighted by Gasteiger charge is -2.27. The number of phosphoric ester groups is 1. The van der Waals surface area contributed by atoms with Crippen LogP contribution in [0.5, 0.6) is 0 Å². The van der Waals surface area contributed by atoms with E-state index in [2.05, 4.69) is 123 Å². The fourth-order valence-corrected chi connectivity index (χ4v) is 11.1. The molecule has 0 aliphatic rings. The van der Waals surface area contributed by atoms with Gasteiger partial charge in [-0.3, -0.25) is 18.6 Å². The number of likely N-dealkylation sites (N-methyl/N-ethyl adjacent to an activating group) is 1. The average molecular weight is 1250 g/mol. The number of esters is 1. The second kappa shape index (κ2) is 66.6. The van der Waals surface area contributed by atoms with Crippen LogP contribution in [-0.2, 0) is 27.9 Å². The fraction of sp³-hybridized carbons (Fsp3) is 0.744. The maximum Gasteiger partial charge on any atom is 0.472 e. The highest BCUT2D eigenvalue weighted by atomic mass is 31.2. The van der Waals surface area contributed by atoms with Crippen molar-refractivity contribution >= 4 is 19.7 Å². The fourth-order valence-electron chi connectivity index (χ4n) is 10.3. The van der Waals surface area contributed by atoms with Crippen LogP contribution in [0.4, 0.5) is 0 Å². The van der Waals surface area contributed by atoms with Gasteiger partial charge in [0.2, 0.25) is 5.91 Å². The van der Waals surface area contributed by atoms with E-state index in [0.29, 0.717) is 17.4 Å². The van der Waals surface area contributed by atoms with Gasteiger partial charge in [0.25, 0.3) is 0 Å². The highest BCUT2D eigenvalue weighted by Crippen LogP contribution is 2.43. The van der Waals surface area contributed by atoms with Crippen molar-refractivity contribution in [3.8, 4) is 0 Å². The molecule has 88 heavy (non-hydrogen) atoms. The van der Waals surface area contributed by atoms with E-state index in [1.54, 1.807) is 0 Å². The zero-order valence-corrected chi connectivity index (χ0v) is 59.1. The zero-order chi connectivity index (χ0) is 64.2. The maximum atomic E-state index is 13.6. The SMILES string of the molecule is CC/C=C\C/C=C\C/C=C\C/C=C\C/C=C\CCCCCCCCCC(=O)NC(COP(=O)(O)OCC[N+](C)(C)C)C(/C=C/CCCCCCCCCCCC)OC(=O)CCCCCCCCCCCCCCCC/C=C\C/C=C\C/C=C\CCCCC. The summed E-state index contributed by atoms with van der Waals surface area (Å²) in [7, 11) is 1.48. The third-order valence-electron chi connectivity index (χ3n) is 15.9. The van der Waals surface area contributed by atoms with Crippen molar-refractivity contribution < 1.29 is 37.3 Å². The molecular formula is C78H140N2O7P+. The third-order valence-corrected chi connectivity index (χ3v) is 16.9. The van der Waals surface area contributed by atoms with Crippen LogP contribution in [0.1, 0.15) is 323 Å². The molecule has 0 aromatic heterocycles. The van der Waals surface area contributed by atoms with Crippen molar-refractivity contribution in [2.24, 2.45) is 0 Å². The average Bonchev–Trinajstić information content (AvgIpc) is 3.53. The third kappa shape index (κ3) is 67.1. The lowest BCUT2D eigenvalue weighted by molar-refractivity contribution is -0.870. The van der Waals surface area contributed by atoms with E-state index in [1.807, 2.05) is 33.3 Å². The van der Waals surface area contributed by atoms with Crippen LogP contribution in [-0.4, -0.2) is 74.3 Å². The van der Waals surface area contributed by atoms with Gasteiger partial charge in [0.1, 0.15) is 19.3 Å². The molecule has 0 fully saturated rings. The number of nitrogens with one attached hydrogen (secondary N) is 1. The van der Waals surface area contributed by atoms with Crippen LogP contribution in [0.2, 0.25) is 0 Å². The van der Waals surface area contributed by atoms with E-state index in [0.717, 1.165) is 116 Å². The van der Waals surface area contributed by atoms with Crippen LogP contribution >= 0.6 is 7.82 Å². The monoisotopic (exact) mass is 1250 g/mol. The van der Waals surface area contributed by atoms with Gasteiger partial charge < -0.3 is 19.4 Å². The van der Waals surface area contributed by atoms with E-state index >= 15 is 0 Å². The highest BCUT2D eigenvalue weighted by molar-refractivity contribution is 7.47. The summed E-state index contributed by atoms with van der Waals surface area (Å²) in [5.74, 6) is -0.515. The van der Waals surface area contributed by atoms with Crippen molar-refractivity contribution in [1.29, 1.82) is 0 Å². The van der Waals surface area contributed by atoms with Crippen LogP contribution < -0.4 is 5.32 Å². The molecule has 0 heterocycles. The Bertz CT molecular complexity index is 1870. The smallest absolute Gasteiger partial charge is 0.456 e. The molecular weight excluding hydrogens is 1110 g/mol. The molecule has 0 aromatic rings. The molecule has 0 saturated carbocycles. The first-order valence-corrected chi connectivity index (χ1v) is 38.2. The van der Waals surface area contributed by atoms with Gasteiger partial charge in [-0.2, -0.15) is 0 Å². The number of ether oxygens (including phenoxy) is 1. The standard InChI is InChI=1S/C78H139N2O7P/c1-7-10-13-16-19-22-25-28-30-32-34-36-38-39-40-41-43-45-47-49-51-53-56-59-62-65-68-71-78(82)87-76(69-66-63-60-57-54-27-24-21-18-15-12-9-3)75(74-86-88(83,84)85-73-72-80(4,5)6)79-77(81)70-67-64-61-58-55-52-50-48-46-44-42-37-35-33-31-29-26-23-20-17-14-11-8-2/h11,14,19-20,22-23,28-31,34-37,44,46,66,69,75-76H,7-10,12-13,15-18,21,24-27,32-33,38-43,45,47-65,67-68,70-74H2,1-6H3,(H-,79,81,83,84)/p+1/b14-11-,22-19-,23-20-,30-28-,31-29-,36-34-,37-35-,46-44-,69-66+. The second-order valence-electron chi connectivity index (χ2n) is 25.7. The number of carbonyl (C=O) groups excluding carboxylic acids is 2. The van der Waals surface area contributed by atoms with E-state index in [1.165, 1.54) is 173 Å². The van der Waals surface area contributed by atoms with Crippen LogP contribution in [0.15, 0.2) is 109 Å². The molecule has 3 unspecified atom stereocenters. The van der Waals surface area contributed by atoms with E-state index in [4.69, 9.17) is 13.8 Å². The Morgan fingerprint density at radius 3 is 1.11 bits per heavy atom. The topological polar surface area (TPSA) is 111 Å². The number of carbonyl (C=O) groups is 2. The van der Waals surface area contributed by atoms with Gasteiger partial charge in [0.05, 0.1) is 33.8 Å². The number of rotatable bonds is 66. The Kier molecular flexibility index (Phi) is 64.1. The molecule has 9 nitrogen and oxygen atoms in total. The van der Waals surface area contributed by atoms with Crippen molar-refractivity contribution in [2.45, 2.75) is 335 Å². The van der Waals surface area contributed by atoms with Gasteiger partial charge in [-0.05, 0) is 115 Å². The Labute approximate surface area is 544 Å². The molecule has 1 amide bonds. The Hall–Kier alpha value is -3.33. The molecule has 0 aromatic carbocycles. The number of hydrogen-bond donors (Lipinski definition) is 2. The zero-order valence-electron chi connectivity index (χ0n) is 58.2. The minimum Gasteiger partial charge on any atom is -0.456 e. The quantitative estimate of drug-likeness (QED) is 0.0205. The summed E-state index contributed by atoms with van der Waals surface area (Å²) in [6.07, 6.45) is 92.4. The number of amides is 1. The summed E-state index contributed by atoms with van der Waals surface area (Å²) in [5.41, 5.74) is 0. The summed E-state index contributed by atoms with van der Waals surface area (Å²) in [6, 6.07) is -0.862. The molecule has 0 rings (SSSR count). The molecule has 10 heteroatoms. The normalized spacial score (nSPS) is 14.1. The van der Waals surface area contributed by atoms with E-state index in [9.17, 15) is 19.0 Å². The first-order valence-electron chi connectivity index (χ1n) is 36.7. The lowest BCUT2D eigenvalue weighted by atomic mass is 10.0. The summed E-state index contributed by atoms with van der Waals surface area (Å²) in [6.45, 7) is 6.88. The molecule has 0 bridgehead atoms. The molecule has 0 saturated heterocycles. The molecule has 2 N–H and O–H groups in total. The molecule has 0 spiro atoms. The molecule has 508 valence electrons. The Morgan fingerprint density at radius 2 is 0.727 bits per heavy atom. The van der Waals surface area contributed by atoms with Crippen LogP contribution in [0.25, 0.3) is 0 Å². The second-order valence-corrected chi connectivity index (χ2v) is 27.2. The van der Waals surface area contributed by atoms with Crippen molar-refractivity contribution in [3.63, 3.8) is 0 Å². The number of phosphoric acid groups is 1. The van der Waals surface area contributed by atoms with E-state index < -0.39 is 20.0 Å². The Morgan fingerprint density at radius 1 is 0.409 bits per heavy atom. The lowest BCUT2D eigenvalue weighted by Crippen LogP contribution is -2.47. The summed E-state index contributed by atoms with van der Waals surface area (Å²) in [5, 5.41) is 3.07. The summed E-state index contributed by atoms with van der Waals surface area (Å²) >= 11 is 0. The Balaban J connectivity index is 5.04. The minimum atomic E-state index is -4.47. The van der Waals surface area contributed by atoms with Gasteiger partial charge in [0.15, 0.2) is 0 Å². The summed E-state index contributed by atoms with van der Waals surface area (Å²) < 4.78 is 30.9. The van der Waals surface area contributed by atoms with Crippen molar-refractivity contribution in [1.82, 2.24) is 5.32 Å². The number of nitrogens with zero attached hydrogens (tertiary/aromatic N) is 1. The summed E-state index contributed by atoms with van der Waals surface area (Å²) in [4.78, 5) is 38.0. The molecule has 0 aliphatic heterocycles. The number of quaternary nitrogens is 1. The predicted octanol–water partition coefficient (Wildman–Crippen LogP) is 23.6. The molecule has 3 atom stereocenters. The first-order chi connectivity index (χ1) is 42.9. The van der Waals surface area contributed by atoms with Gasteiger partial charge in [0, 0.05) is 12.8 Å². The van der Waals surface area contributed by atoms with Gasteiger partial charge in [-0.15, -0.1) is 0 Å². The maximum absolute atomic E-state index is 13.6. The van der Waals surface area contributed by atoms with Gasteiger partial charge >= 0.3 is 13.8 Å². The number of allylic oxidation sites excluding steroid dienone is 17. The number of unbranched alkanes of at least 4 members (excludes halogenated alkanes) is 34. The minimum absolute atomic E-state index is 0.0336. The van der Waals surface area contributed by atoms with Crippen LogP contribution in [0.3, 0.4) is 0 Å². The largest absolute Gasteiger partial charge is 0.472 e. The first kappa shape index (κ1) is 84.7. The van der Waals surface area contributed by atoms with Gasteiger partial charge in [-0.25, -0.2) is 4.57 Å². The van der Waals surface area contributed by atoms with Crippen molar-refractivity contribution in [3.05, 3.63) is 109 Å². The van der Waals surface area contributed by atoms with Gasteiger partial charge in [-0.1, -0.05) is 304 Å².